The number of ether oxygens (including phenoxy) is 2. The highest BCUT2D eigenvalue weighted by molar-refractivity contribution is 5.93. The van der Waals surface area contributed by atoms with Gasteiger partial charge in [-0.3, -0.25) is 9.59 Å². The molecule has 3 N–H and O–H groups in total. The second kappa shape index (κ2) is 6.76. The molecule has 0 radical (unpaired) electrons. The van der Waals surface area contributed by atoms with Crippen molar-refractivity contribution in [1.82, 2.24) is 10.3 Å². The van der Waals surface area contributed by atoms with Gasteiger partial charge in [-0.2, -0.15) is 0 Å². The first-order valence-corrected chi connectivity index (χ1v) is 8.15. The zero-order valence-electron chi connectivity index (χ0n) is 14.3. The van der Waals surface area contributed by atoms with Gasteiger partial charge in [0.1, 0.15) is 5.75 Å². The summed E-state index contributed by atoms with van der Waals surface area (Å²) >= 11 is 0. The van der Waals surface area contributed by atoms with Crippen LogP contribution in [0.15, 0.2) is 24.4 Å². The molecule has 1 fully saturated rings. The molecule has 1 amide bonds. The van der Waals surface area contributed by atoms with Crippen molar-refractivity contribution in [2.24, 2.45) is 5.92 Å². The molecular weight excluding hydrogens is 324 g/mol. The van der Waals surface area contributed by atoms with Gasteiger partial charge in [0.05, 0.1) is 25.0 Å². The third-order valence-corrected chi connectivity index (χ3v) is 4.95. The number of rotatable bonds is 7. The Balaban J connectivity index is 1.63. The number of aliphatic carboxylic acids is 1. The first-order valence-electron chi connectivity index (χ1n) is 8.15. The van der Waals surface area contributed by atoms with E-state index in [4.69, 9.17) is 14.6 Å². The van der Waals surface area contributed by atoms with Gasteiger partial charge in [0.15, 0.2) is 0 Å². The number of carbonyl (C=O) groups excluding carboxylic acids is 1. The molecule has 1 aromatic carbocycles. The molecule has 1 heterocycles. The third-order valence-electron chi connectivity index (χ3n) is 4.95. The minimum atomic E-state index is -0.815. The number of carbonyl (C=O) groups is 2. The van der Waals surface area contributed by atoms with E-state index in [0.29, 0.717) is 19.4 Å². The maximum Gasteiger partial charge on any atom is 0.306 e. The normalized spacial score (nSPS) is 22.4. The highest BCUT2D eigenvalue weighted by Gasteiger charge is 2.48. The average molecular weight is 346 g/mol. The van der Waals surface area contributed by atoms with Crippen molar-refractivity contribution in [3.8, 4) is 5.75 Å². The van der Waals surface area contributed by atoms with Gasteiger partial charge in [0.2, 0.25) is 5.91 Å². The quantitative estimate of drug-likeness (QED) is 0.709. The highest BCUT2D eigenvalue weighted by Crippen LogP contribution is 2.40. The van der Waals surface area contributed by atoms with E-state index in [2.05, 4.69) is 10.3 Å². The molecule has 3 rings (SSSR count). The number of methoxy groups -OCH3 is 2. The molecular formula is C18H22N2O5. The fourth-order valence-corrected chi connectivity index (χ4v) is 3.42. The van der Waals surface area contributed by atoms with E-state index in [0.717, 1.165) is 22.2 Å². The van der Waals surface area contributed by atoms with Crippen LogP contribution in [0.5, 0.6) is 5.75 Å². The number of aromatic amines is 1. The van der Waals surface area contributed by atoms with Gasteiger partial charge in [-0.15, -0.1) is 0 Å². The summed E-state index contributed by atoms with van der Waals surface area (Å²) in [5.74, 6) is -0.625. The summed E-state index contributed by atoms with van der Waals surface area (Å²) in [6, 6.07) is 5.68. The van der Waals surface area contributed by atoms with E-state index < -0.39 is 17.5 Å². The monoisotopic (exact) mass is 346 g/mol. The van der Waals surface area contributed by atoms with Crippen LogP contribution < -0.4 is 10.1 Å². The van der Waals surface area contributed by atoms with Crippen molar-refractivity contribution >= 4 is 22.8 Å². The maximum absolute atomic E-state index is 12.3. The number of carboxylic acids is 1. The lowest BCUT2D eigenvalue weighted by Crippen LogP contribution is -2.55. The topological polar surface area (TPSA) is 101 Å². The molecule has 7 heteroatoms. The number of hydrogen-bond donors (Lipinski definition) is 3. The molecule has 1 aromatic heterocycles. The zero-order chi connectivity index (χ0) is 18.0. The van der Waals surface area contributed by atoms with Crippen LogP contribution >= 0.6 is 0 Å². The lowest BCUT2D eigenvalue weighted by atomic mass is 9.70. The van der Waals surface area contributed by atoms with E-state index in [1.807, 2.05) is 24.4 Å². The Morgan fingerprint density at radius 3 is 2.76 bits per heavy atom. The largest absolute Gasteiger partial charge is 0.496 e. The van der Waals surface area contributed by atoms with Gasteiger partial charge in [-0.1, -0.05) is 6.07 Å². The fraction of sp³-hybridized carbons (Fsp3) is 0.444. The number of benzene rings is 1. The van der Waals surface area contributed by atoms with E-state index in [-0.39, 0.29) is 12.3 Å². The Kier molecular flexibility index (Phi) is 4.67. The van der Waals surface area contributed by atoms with Crippen molar-refractivity contribution in [1.29, 1.82) is 0 Å². The number of H-pyrrole nitrogens is 1. The van der Waals surface area contributed by atoms with Crippen molar-refractivity contribution in [3.05, 3.63) is 30.0 Å². The minimum absolute atomic E-state index is 0.137. The van der Waals surface area contributed by atoms with Crippen LogP contribution in [-0.2, 0) is 20.7 Å². The fourth-order valence-electron chi connectivity index (χ4n) is 3.42. The highest BCUT2D eigenvalue weighted by atomic mass is 16.5. The van der Waals surface area contributed by atoms with Crippen LogP contribution in [-0.4, -0.2) is 48.3 Å². The van der Waals surface area contributed by atoms with Crippen molar-refractivity contribution in [2.75, 3.05) is 20.8 Å². The summed E-state index contributed by atoms with van der Waals surface area (Å²) in [5, 5.41) is 12.8. The Morgan fingerprint density at radius 2 is 2.12 bits per heavy atom. The molecule has 0 atom stereocenters. The van der Waals surface area contributed by atoms with E-state index in [9.17, 15) is 9.59 Å². The van der Waals surface area contributed by atoms with Crippen molar-refractivity contribution in [2.45, 2.75) is 24.9 Å². The Labute approximate surface area is 145 Å². The second-order valence-electron chi connectivity index (χ2n) is 6.48. The van der Waals surface area contributed by atoms with Gasteiger partial charge in [-0.25, -0.2) is 0 Å². The van der Waals surface area contributed by atoms with E-state index in [1.165, 1.54) is 0 Å². The van der Waals surface area contributed by atoms with Crippen molar-refractivity contribution < 1.29 is 24.2 Å². The Hall–Kier alpha value is -2.54. The Morgan fingerprint density at radius 1 is 1.36 bits per heavy atom. The number of carboxylic acid groups (broad SMARTS) is 1. The SMILES string of the molecule is COc1cccc2[nH]cc(CC(=O)NCC3(OC)CC(C(=O)O)C3)c12. The molecule has 0 aliphatic heterocycles. The Bertz CT molecular complexity index is 792. The lowest BCUT2D eigenvalue weighted by Gasteiger charge is -2.44. The first-order chi connectivity index (χ1) is 12.0. The number of aromatic nitrogens is 1. The summed E-state index contributed by atoms with van der Waals surface area (Å²) in [7, 11) is 3.15. The maximum atomic E-state index is 12.3. The molecule has 0 spiro atoms. The molecule has 7 nitrogen and oxygen atoms in total. The van der Waals surface area contributed by atoms with E-state index >= 15 is 0 Å². The molecule has 1 aliphatic carbocycles. The van der Waals surface area contributed by atoms with Crippen LogP contribution in [0.25, 0.3) is 10.9 Å². The standard InChI is InChI=1S/C18H22N2O5/c1-24-14-5-3-4-13-16(14)11(9-19-13)6-15(21)20-10-18(25-2)7-12(8-18)17(22)23/h3-5,9,12,19H,6-8,10H2,1-2H3,(H,20,21)(H,22,23). The first kappa shape index (κ1) is 17.3. The zero-order valence-corrected chi connectivity index (χ0v) is 14.3. The lowest BCUT2D eigenvalue weighted by molar-refractivity contribution is -0.162. The molecule has 0 saturated heterocycles. The number of fused-ring (bicyclic) bond motifs is 1. The summed E-state index contributed by atoms with van der Waals surface area (Å²) < 4.78 is 10.8. The summed E-state index contributed by atoms with van der Waals surface area (Å²) in [6.07, 6.45) is 2.85. The summed E-state index contributed by atoms with van der Waals surface area (Å²) in [5.41, 5.74) is 1.20. The van der Waals surface area contributed by atoms with Crippen LogP contribution in [0.1, 0.15) is 18.4 Å². The molecule has 25 heavy (non-hydrogen) atoms. The molecule has 0 unspecified atom stereocenters. The molecule has 1 saturated carbocycles. The molecule has 0 bridgehead atoms. The van der Waals surface area contributed by atoms with Gasteiger partial charge < -0.3 is 24.9 Å². The van der Waals surface area contributed by atoms with Crippen molar-refractivity contribution in [3.63, 3.8) is 0 Å². The average Bonchev–Trinajstić information content (AvgIpc) is 2.97. The van der Waals surface area contributed by atoms with Gasteiger partial charge >= 0.3 is 5.97 Å². The van der Waals surface area contributed by atoms with Gasteiger partial charge in [0, 0.05) is 30.8 Å². The number of hydrogen-bond acceptors (Lipinski definition) is 4. The smallest absolute Gasteiger partial charge is 0.306 e. The van der Waals surface area contributed by atoms with Crippen LogP contribution in [0.2, 0.25) is 0 Å². The minimum Gasteiger partial charge on any atom is -0.496 e. The molecule has 2 aromatic rings. The van der Waals surface area contributed by atoms with Crippen LogP contribution in [0.4, 0.5) is 0 Å². The van der Waals surface area contributed by atoms with E-state index in [1.54, 1.807) is 14.2 Å². The third kappa shape index (κ3) is 3.32. The summed E-state index contributed by atoms with van der Waals surface area (Å²) in [6.45, 7) is 0.311. The predicted molar refractivity (Wildman–Crippen MR) is 91.7 cm³/mol. The second-order valence-corrected chi connectivity index (χ2v) is 6.48. The van der Waals surface area contributed by atoms with Gasteiger partial charge in [0.25, 0.3) is 0 Å². The van der Waals surface area contributed by atoms with Gasteiger partial charge in [-0.05, 0) is 30.5 Å². The predicted octanol–water partition coefficient (Wildman–Crippen LogP) is 1.71. The van der Waals surface area contributed by atoms with Crippen LogP contribution in [0.3, 0.4) is 0 Å². The summed E-state index contributed by atoms with van der Waals surface area (Å²) in [4.78, 5) is 26.4. The number of nitrogens with one attached hydrogen (secondary N) is 2. The van der Waals surface area contributed by atoms with Crippen LogP contribution in [0, 0.1) is 5.92 Å². The molecule has 134 valence electrons. The number of amides is 1. The molecule has 1 aliphatic rings.